The maximum Gasteiger partial charge on any atom is 0.357 e. The first-order valence-electron chi connectivity index (χ1n) is 6.53. The summed E-state index contributed by atoms with van der Waals surface area (Å²) in [7, 11) is 0. The first-order valence-corrected chi connectivity index (χ1v) is 8.69. The number of ether oxygens (including phenoxy) is 1. The van der Waals surface area contributed by atoms with Gasteiger partial charge in [-0.2, -0.15) is 0 Å². The normalized spacial score (nSPS) is 10.3. The molecule has 3 aromatic carbocycles. The minimum Gasteiger partial charge on any atom is -0.457 e. The van der Waals surface area contributed by atoms with Crippen molar-refractivity contribution in [2.45, 2.75) is 0 Å². The molecule has 0 heterocycles. The fourth-order valence-electron chi connectivity index (χ4n) is 1.81. The van der Waals surface area contributed by atoms with Crippen LogP contribution in [0.4, 0.5) is 4.39 Å². The molecule has 104 valence electrons. The van der Waals surface area contributed by atoms with E-state index in [1.165, 1.54) is 19.3 Å². The van der Waals surface area contributed by atoms with Crippen molar-refractivity contribution >= 4 is 0 Å². The first-order chi connectivity index (χ1) is 10.3. The molecule has 3 aromatic rings. The minimum atomic E-state index is -0.259. The van der Waals surface area contributed by atoms with Crippen LogP contribution in [0, 0.1) is 13.0 Å². The van der Waals surface area contributed by atoms with Gasteiger partial charge >= 0.3 is 21.2 Å². The molecule has 0 aromatic heterocycles. The van der Waals surface area contributed by atoms with Gasteiger partial charge < -0.3 is 4.74 Å². The van der Waals surface area contributed by atoms with E-state index in [0.29, 0.717) is 5.75 Å². The Bertz CT molecular complexity index is 694. The van der Waals surface area contributed by atoms with Crippen molar-refractivity contribution in [3.05, 3.63) is 91.8 Å². The molecule has 0 amide bonds. The maximum absolute atomic E-state index is 12.8. The fraction of sp³-hybridized carbons (Fsp3) is 0. The molecule has 0 N–H and O–H groups in total. The topological polar surface area (TPSA) is 9.23 Å². The summed E-state index contributed by atoms with van der Waals surface area (Å²) in [6.07, 6.45) is 0. The van der Waals surface area contributed by atoms with Gasteiger partial charge in [0, 0.05) is 0 Å². The molecule has 0 saturated heterocycles. The molecule has 0 saturated carbocycles. The van der Waals surface area contributed by atoms with Crippen LogP contribution in [0.5, 0.6) is 11.5 Å². The van der Waals surface area contributed by atoms with E-state index in [9.17, 15) is 4.39 Å². The summed E-state index contributed by atoms with van der Waals surface area (Å²) in [6.45, 7) is 0. The Balaban J connectivity index is 1.68. The maximum atomic E-state index is 12.8. The zero-order valence-corrected chi connectivity index (χ0v) is 13.3. The lowest BCUT2D eigenvalue weighted by atomic mass is 10.3. The van der Waals surface area contributed by atoms with Crippen molar-refractivity contribution in [2.24, 2.45) is 0 Å². The van der Waals surface area contributed by atoms with Crippen molar-refractivity contribution in [1.82, 2.24) is 0 Å². The summed E-state index contributed by atoms with van der Waals surface area (Å²) >= 11 is -0.154. The Hall–Kier alpha value is -1.88. The fourth-order valence-corrected chi connectivity index (χ4v) is 4.02. The second-order valence-electron chi connectivity index (χ2n) is 4.40. The Labute approximate surface area is 133 Å². The van der Waals surface area contributed by atoms with Crippen molar-refractivity contribution < 1.29 is 30.3 Å². The third kappa shape index (κ3) is 4.04. The van der Waals surface area contributed by atoms with Crippen LogP contribution in [0.2, 0.25) is 0 Å². The second kappa shape index (κ2) is 6.72. The van der Waals surface area contributed by atoms with Gasteiger partial charge in [-0.15, -0.1) is 0 Å². The van der Waals surface area contributed by atoms with Gasteiger partial charge in [0.05, 0.1) is 0 Å². The van der Waals surface area contributed by atoms with Gasteiger partial charge in [-0.3, -0.25) is 0 Å². The zero-order chi connectivity index (χ0) is 14.5. The van der Waals surface area contributed by atoms with Gasteiger partial charge in [0.1, 0.15) is 17.3 Å². The van der Waals surface area contributed by atoms with E-state index in [-0.39, 0.29) is 27.0 Å². The summed E-state index contributed by atoms with van der Waals surface area (Å²) in [6, 6.07) is 24.7. The standard InChI is InChI=1S/C18H13FIO/c19-14-6-10-17(11-7-14)21-18-12-8-16(9-13-18)20-15-4-2-1-3-5-15/h1-13H/q+1. The van der Waals surface area contributed by atoms with Gasteiger partial charge in [-0.25, -0.2) is 4.39 Å². The predicted molar refractivity (Wildman–Crippen MR) is 76.8 cm³/mol. The van der Waals surface area contributed by atoms with E-state index in [4.69, 9.17) is 4.74 Å². The van der Waals surface area contributed by atoms with E-state index < -0.39 is 0 Å². The number of halogens is 2. The second-order valence-corrected chi connectivity index (χ2v) is 7.43. The van der Waals surface area contributed by atoms with Crippen molar-refractivity contribution in [2.75, 3.05) is 0 Å². The number of hydrogen-bond acceptors (Lipinski definition) is 1. The quantitative estimate of drug-likeness (QED) is 0.616. The third-order valence-electron chi connectivity index (χ3n) is 2.81. The molecule has 0 spiro atoms. The van der Waals surface area contributed by atoms with Crippen molar-refractivity contribution in [1.29, 1.82) is 0 Å². The van der Waals surface area contributed by atoms with Gasteiger partial charge in [0.15, 0.2) is 7.14 Å². The summed E-state index contributed by atoms with van der Waals surface area (Å²) < 4.78 is 21.2. The molecule has 0 fully saturated rings. The molecule has 1 nitrogen and oxygen atoms in total. The summed E-state index contributed by atoms with van der Waals surface area (Å²) in [5, 5.41) is 0. The molecule has 0 aliphatic rings. The van der Waals surface area contributed by atoms with Gasteiger partial charge in [0.25, 0.3) is 0 Å². The molecule has 0 radical (unpaired) electrons. The van der Waals surface area contributed by atoms with Crippen LogP contribution in [-0.2, 0) is 0 Å². The zero-order valence-electron chi connectivity index (χ0n) is 11.2. The van der Waals surface area contributed by atoms with E-state index in [2.05, 4.69) is 36.4 Å². The lowest BCUT2D eigenvalue weighted by Gasteiger charge is -2.04. The highest BCUT2D eigenvalue weighted by atomic mass is 127. The van der Waals surface area contributed by atoms with Gasteiger partial charge in [-0.1, -0.05) is 18.2 Å². The molecule has 21 heavy (non-hydrogen) atoms. The van der Waals surface area contributed by atoms with Crippen LogP contribution in [0.15, 0.2) is 78.9 Å². The molecule has 0 unspecified atom stereocenters. The third-order valence-corrected chi connectivity index (χ3v) is 5.50. The number of hydrogen-bond donors (Lipinski definition) is 0. The average molecular weight is 391 g/mol. The van der Waals surface area contributed by atoms with E-state index in [0.717, 1.165) is 5.75 Å². The van der Waals surface area contributed by atoms with E-state index in [1.807, 2.05) is 18.2 Å². The van der Waals surface area contributed by atoms with Crippen LogP contribution in [0.3, 0.4) is 0 Å². The van der Waals surface area contributed by atoms with Crippen molar-refractivity contribution in [3.63, 3.8) is 0 Å². The molecular formula is C18H13FIO+. The molecule has 3 heteroatoms. The van der Waals surface area contributed by atoms with Crippen LogP contribution in [0.25, 0.3) is 0 Å². The lowest BCUT2D eigenvalue weighted by molar-refractivity contribution is -0.597. The highest BCUT2D eigenvalue weighted by Crippen LogP contribution is 2.20. The lowest BCUT2D eigenvalue weighted by Crippen LogP contribution is -3.61. The Kier molecular flexibility index (Phi) is 4.50. The van der Waals surface area contributed by atoms with Crippen LogP contribution >= 0.6 is 0 Å². The summed E-state index contributed by atoms with van der Waals surface area (Å²) in [4.78, 5) is 0. The first kappa shape index (κ1) is 14.1. The molecule has 0 aliphatic heterocycles. The monoisotopic (exact) mass is 391 g/mol. The van der Waals surface area contributed by atoms with Crippen LogP contribution < -0.4 is 25.9 Å². The molecule has 0 atom stereocenters. The van der Waals surface area contributed by atoms with E-state index in [1.54, 1.807) is 12.1 Å². The highest BCUT2D eigenvalue weighted by molar-refractivity contribution is 5.30. The SMILES string of the molecule is Fc1ccc(Oc2ccc([I+]c3ccccc3)cc2)cc1. The Morgan fingerprint density at radius 3 is 1.76 bits per heavy atom. The molecule has 0 aliphatic carbocycles. The smallest absolute Gasteiger partial charge is 0.357 e. The largest absolute Gasteiger partial charge is 0.457 e. The molecule has 3 rings (SSSR count). The van der Waals surface area contributed by atoms with Gasteiger partial charge in [0.2, 0.25) is 0 Å². The summed E-state index contributed by atoms with van der Waals surface area (Å²) in [5.41, 5.74) is 0. The van der Waals surface area contributed by atoms with Crippen LogP contribution in [-0.4, -0.2) is 0 Å². The van der Waals surface area contributed by atoms with Crippen molar-refractivity contribution in [3.8, 4) is 11.5 Å². The predicted octanol–water partition coefficient (Wildman–Crippen LogP) is 1.75. The number of rotatable bonds is 4. The molecular weight excluding hydrogens is 378 g/mol. The highest BCUT2D eigenvalue weighted by Gasteiger charge is 2.14. The van der Waals surface area contributed by atoms with Crippen LogP contribution in [0.1, 0.15) is 0 Å². The Morgan fingerprint density at radius 1 is 0.619 bits per heavy atom. The molecule has 0 bridgehead atoms. The Morgan fingerprint density at radius 2 is 1.14 bits per heavy atom. The minimum absolute atomic E-state index is 0.154. The van der Waals surface area contributed by atoms with E-state index >= 15 is 0 Å². The summed E-state index contributed by atoms with van der Waals surface area (Å²) in [5.74, 6) is 1.15. The average Bonchev–Trinajstić information content (AvgIpc) is 2.53. The number of benzene rings is 3. The van der Waals surface area contributed by atoms with Gasteiger partial charge in [-0.05, 0) is 60.7 Å².